The maximum atomic E-state index is 11.7. The highest BCUT2D eigenvalue weighted by atomic mass is 79.9. The van der Waals surface area contributed by atoms with Crippen LogP contribution in [0.3, 0.4) is 0 Å². The van der Waals surface area contributed by atoms with Crippen molar-refractivity contribution in [3.63, 3.8) is 0 Å². The lowest BCUT2D eigenvalue weighted by molar-refractivity contribution is -0.124. The molecule has 1 N–H and O–H groups in total. The van der Waals surface area contributed by atoms with Gasteiger partial charge in [-0.15, -0.1) is 11.3 Å². The Balaban J connectivity index is 1.62. The van der Waals surface area contributed by atoms with Crippen LogP contribution in [0.2, 0.25) is 0 Å². The third-order valence-electron chi connectivity index (χ3n) is 3.16. The molecule has 0 saturated heterocycles. The van der Waals surface area contributed by atoms with Crippen LogP contribution in [0.25, 0.3) is 0 Å². The van der Waals surface area contributed by atoms with Crippen LogP contribution in [-0.2, 0) is 16.1 Å². The Morgan fingerprint density at radius 1 is 1.56 bits per heavy atom. The van der Waals surface area contributed by atoms with E-state index in [1.54, 1.807) is 11.3 Å². The van der Waals surface area contributed by atoms with Crippen molar-refractivity contribution in [1.29, 1.82) is 0 Å². The lowest BCUT2D eigenvalue weighted by Gasteiger charge is -2.34. The first-order valence-electron chi connectivity index (χ1n) is 6.30. The predicted molar refractivity (Wildman–Crippen MR) is 76.6 cm³/mol. The van der Waals surface area contributed by atoms with E-state index >= 15 is 0 Å². The SMILES string of the molecule is CCOC1CC(CC(=O)NCc2ccc(Br)s2)C1. The number of thiophene rings is 1. The molecule has 0 bridgehead atoms. The molecular formula is C13H18BrNO2S. The second kappa shape index (κ2) is 6.68. The second-order valence-corrected chi connectivity index (χ2v) is 7.15. The Morgan fingerprint density at radius 3 is 2.94 bits per heavy atom. The molecule has 1 aromatic heterocycles. The highest BCUT2D eigenvalue weighted by Crippen LogP contribution is 2.32. The molecule has 3 nitrogen and oxygen atoms in total. The average molecular weight is 332 g/mol. The highest BCUT2D eigenvalue weighted by Gasteiger charge is 2.30. The van der Waals surface area contributed by atoms with Gasteiger partial charge in [0.1, 0.15) is 0 Å². The summed E-state index contributed by atoms with van der Waals surface area (Å²) in [5, 5.41) is 2.97. The fraction of sp³-hybridized carbons (Fsp3) is 0.615. The lowest BCUT2D eigenvalue weighted by Crippen LogP contribution is -2.35. The molecule has 2 rings (SSSR count). The number of hydrogen-bond donors (Lipinski definition) is 1. The van der Waals surface area contributed by atoms with Gasteiger partial charge in [0.2, 0.25) is 5.91 Å². The first-order valence-corrected chi connectivity index (χ1v) is 7.90. The van der Waals surface area contributed by atoms with Gasteiger partial charge in [0.25, 0.3) is 0 Å². The van der Waals surface area contributed by atoms with Crippen molar-refractivity contribution in [3.8, 4) is 0 Å². The number of rotatable bonds is 6. The third kappa shape index (κ3) is 4.07. The quantitative estimate of drug-likeness (QED) is 0.868. The molecule has 0 unspecified atom stereocenters. The average Bonchev–Trinajstić information content (AvgIpc) is 2.70. The molecule has 0 radical (unpaired) electrons. The standard InChI is InChI=1S/C13H18BrNO2S/c1-2-17-10-5-9(6-10)7-13(16)15-8-11-3-4-12(14)18-11/h3-4,9-10H,2,5-8H2,1H3,(H,15,16). The van der Waals surface area contributed by atoms with E-state index in [9.17, 15) is 4.79 Å². The summed E-state index contributed by atoms with van der Waals surface area (Å²) in [4.78, 5) is 12.9. The number of carbonyl (C=O) groups is 1. The summed E-state index contributed by atoms with van der Waals surface area (Å²) in [5.74, 6) is 0.663. The lowest BCUT2D eigenvalue weighted by atomic mass is 9.80. The van der Waals surface area contributed by atoms with Gasteiger partial charge >= 0.3 is 0 Å². The van der Waals surface area contributed by atoms with E-state index in [1.807, 2.05) is 19.1 Å². The number of amides is 1. The van der Waals surface area contributed by atoms with Crippen LogP contribution in [0.5, 0.6) is 0 Å². The zero-order valence-electron chi connectivity index (χ0n) is 10.4. The molecule has 100 valence electrons. The molecule has 0 atom stereocenters. The Hall–Kier alpha value is -0.390. The molecule has 1 saturated carbocycles. The van der Waals surface area contributed by atoms with E-state index in [0.717, 1.165) is 23.2 Å². The molecular weight excluding hydrogens is 314 g/mol. The first-order chi connectivity index (χ1) is 8.67. The Morgan fingerprint density at radius 2 is 2.33 bits per heavy atom. The van der Waals surface area contributed by atoms with Gasteiger partial charge in [-0.25, -0.2) is 0 Å². The fourth-order valence-corrected chi connectivity index (χ4v) is 3.60. The fourth-order valence-electron chi connectivity index (χ4n) is 2.18. The van der Waals surface area contributed by atoms with E-state index < -0.39 is 0 Å². The molecule has 1 aliphatic carbocycles. The summed E-state index contributed by atoms with van der Waals surface area (Å²) >= 11 is 5.07. The molecule has 0 aliphatic heterocycles. The zero-order chi connectivity index (χ0) is 13.0. The van der Waals surface area contributed by atoms with Gasteiger partial charge < -0.3 is 10.1 Å². The van der Waals surface area contributed by atoms with Crippen LogP contribution in [-0.4, -0.2) is 18.6 Å². The summed E-state index contributed by atoms with van der Waals surface area (Å²) in [7, 11) is 0. The smallest absolute Gasteiger partial charge is 0.220 e. The second-order valence-electron chi connectivity index (χ2n) is 4.60. The normalized spacial score (nSPS) is 22.6. The summed E-state index contributed by atoms with van der Waals surface area (Å²) in [6.07, 6.45) is 3.09. The van der Waals surface area contributed by atoms with E-state index in [1.165, 1.54) is 4.88 Å². The molecule has 1 fully saturated rings. The Bertz CT molecular complexity index is 401. The Labute approximate surface area is 120 Å². The molecule has 18 heavy (non-hydrogen) atoms. The number of ether oxygens (including phenoxy) is 1. The van der Waals surface area contributed by atoms with E-state index in [-0.39, 0.29) is 5.91 Å². The molecule has 0 spiro atoms. The minimum atomic E-state index is 0.152. The monoisotopic (exact) mass is 331 g/mol. The van der Waals surface area contributed by atoms with Crippen LogP contribution in [0.4, 0.5) is 0 Å². The van der Waals surface area contributed by atoms with Crippen molar-refractivity contribution in [2.45, 2.75) is 38.8 Å². The summed E-state index contributed by atoms with van der Waals surface area (Å²) in [6, 6.07) is 4.04. The molecule has 0 aromatic carbocycles. The van der Waals surface area contributed by atoms with Gasteiger partial charge in [-0.1, -0.05) is 0 Å². The van der Waals surface area contributed by atoms with Crippen LogP contribution in [0.1, 0.15) is 31.1 Å². The minimum absolute atomic E-state index is 0.152. The third-order valence-corrected chi connectivity index (χ3v) is 4.78. The van der Waals surface area contributed by atoms with Crippen molar-refractivity contribution < 1.29 is 9.53 Å². The molecule has 5 heteroatoms. The van der Waals surface area contributed by atoms with E-state index in [0.29, 0.717) is 25.0 Å². The predicted octanol–water partition coefficient (Wildman–Crippen LogP) is 3.33. The van der Waals surface area contributed by atoms with Crippen molar-refractivity contribution in [3.05, 3.63) is 20.8 Å². The molecule has 1 aromatic rings. The van der Waals surface area contributed by atoms with Gasteiger partial charge in [0.05, 0.1) is 16.4 Å². The molecule has 1 aliphatic rings. The maximum Gasteiger partial charge on any atom is 0.220 e. The number of hydrogen-bond acceptors (Lipinski definition) is 3. The van der Waals surface area contributed by atoms with Crippen LogP contribution >= 0.6 is 27.3 Å². The topological polar surface area (TPSA) is 38.3 Å². The van der Waals surface area contributed by atoms with Crippen LogP contribution in [0.15, 0.2) is 15.9 Å². The highest BCUT2D eigenvalue weighted by molar-refractivity contribution is 9.11. The van der Waals surface area contributed by atoms with Crippen molar-refractivity contribution in [2.75, 3.05) is 6.61 Å². The number of carbonyl (C=O) groups excluding carboxylic acids is 1. The number of nitrogens with one attached hydrogen (secondary N) is 1. The zero-order valence-corrected chi connectivity index (χ0v) is 12.9. The molecule has 1 heterocycles. The van der Waals surface area contributed by atoms with Crippen molar-refractivity contribution in [2.24, 2.45) is 5.92 Å². The number of halogens is 1. The molecule has 1 amide bonds. The van der Waals surface area contributed by atoms with Crippen LogP contribution < -0.4 is 5.32 Å². The van der Waals surface area contributed by atoms with Gasteiger partial charge in [0.15, 0.2) is 0 Å². The van der Waals surface area contributed by atoms with E-state index in [4.69, 9.17) is 4.74 Å². The Kier molecular flexibility index (Phi) is 5.21. The largest absolute Gasteiger partial charge is 0.378 e. The van der Waals surface area contributed by atoms with Crippen molar-refractivity contribution in [1.82, 2.24) is 5.32 Å². The summed E-state index contributed by atoms with van der Waals surface area (Å²) < 4.78 is 6.59. The van der Waals surface area contributed by atoms with Gasteiger partial charge in [-0.3, -0.25) is 4.79 Å². The summed E-state index contributed by atoms with van der Waals surface area (Å²) in [6.45, 7) is 3.42. The first kappa shape index (κ1) is 14.0. The summed E-state index contributed by atoms with van der Waals surface area (Å²) in [5.41, 5.74) is 0. The van der Waals surface area contributed by atoms with Gasteiger partial charge in [-0.2, -0.15) is 0 Å². The minimum Gasteiger partial charge on any atom is -0.378 e. The van der Waals surface area contributed by atoms with Gasteiger partial charge in [-0.05, 0) is 53.7 Å². The van der Waals surface area contributed by atoms with E-state index in [2.05, 4.69) is 21.2 Å². The van der Waals surface area contributed by atoms with Crippen molar-refractivity contribution >= 4 is 33.2 Å². The maximum absolute atomic E-state index is 11.7. The van der Waals surface area contributed by atoms with Crippen LogP contribution in [0, 0.1) is 5.92 Å². The van der Waals surface area contributed by atoms with Gasteiger partial charge in [0, 0.05) is 17.9 Å².